The lowest BCUT2D eigenvalue weighted by Gasteiger charge is -2.09. The molecule has 0 saturated carbocycles. The van der Waals surface area contributed by atoms with Gasteiger partial charge in [-0.3, -0.25) is 0 Å². The average Bonchev–Trinajstić information content (AvgIpc) is 2.63. The molecule has 0 radical (unpaired) electrons. The summed E-state index contributed by atoms with van der Waals surface area (Å²) in [5, 5.41) is 13.1. The standard InChI is InChI=1S/C23H33NO/c1-2-11-23(25)15-10-5-3-4-7-12-20-16-18-22(19-17-20)24-21-13-8-6-9-14-21/h6,8-9,13-14,16-19,23-25H,2-5,7,10-12,15H2,1H3. The topological polar surface area (TPSA) is 32.3 Å². The van der Waals surface area contributed by atoms with Crippen molar-refractivity contribution in [2.45, 2.75) is 70.8 Å². The highest BCUT2D eigenvalue weighted by molar-refractivity contribution is 5.59. The molecule has 0 bridgehead atoms. The highest BCUT2D eigenvalue weighted by atomic mass is 16.3. The number of unbranched alkanes of at least 4 members (excludes halogenated alkanes) is 4. The summed E-state index contributed by atoms with van der Waals surface area (Å²) < 4.78 is 0. The van der Waals surface area contributed by atoms with Crippen molar-refractivity contribution in [3.8, 4) is 0 Å². The lowest BCUT2D eigenvalue weighted by molar-refractivity contribution is 0.150. The Bertz CT molecular complexity index is 564. The molecular formula is C23H33NO. The van der Waals surface area contributed by atoms with Gasteiger partial charge in [-0.15, -0.1) is 0 Å². The third-order valence-electron chi connectivity index (χ3n) is 4.64. The van der Waals surface area contributed by atoms with E-state index in [4.69, 9.17) is 0 Å². The number of hydrogen-bond acceptors (Lipinski definition) is 2. The number of nitrogens with one attached hydrogen (secondary N) is 1. The summed E-state index contributed by atoms with van der Waals surface area (Å²) in [6.45, 7) is 2.13. The Morgan fingerprint density at radius 3 is 2.12 bits per heavy atom. The van der Waals surface area contributed by atoms with E-state index in [1.54, 1.807) is 0 Å². The van der Waals surface area contributed by atoms with E-state index in [2.05, 4.69) is 48.6 Å². The Labute approximate surface area is 153 Å². The van der Waals surface area contributed by atoms with Crippen LogP contribution in [-0.4, -0.2) is 11.2 Å². The van der Waals surface area contributed by atoms with Crippen molar-refractivity contribution < 1.29 is 5.11 Å². The Morgan fingerprint density at radius 2 is 1.40 bits per heavy atom. The highest BCUT2D eigenvalue weighted by Crippen LogP contribution is 2.18. The summed E-state index contributed by atoms with van der Waals surface area (Å²) in [4.78, 5) is 0. The molecule has 2 aromatic carbocycles. The van der Waals surface area contributed by atoms with Crippen LogP contribution in [0.1, 0.15) is 63.9 Å². The fourth-order valence-corrected chi connectivity index (χ4v) is 3.16. The van der Waals surface area contributed by atoms with Gasteiger partial charge in [-0.05, 0) is 55.5 Å². The zero-order valence-corrected chi connectivity index (χ0v) is 15.6. The van der Waals surface area contributed by atoms with Gasteiger partial charge < -0.3 is 10.4 Å². The summed E-state index contributed by atoms with van der Waals surface area (Å²) in [5.74, 6) is 0. The van der Waals surface area contributed by atoms with Crippen LogP contribution in [0.4, 0.5) is 11.4 Å². The van der Waals surface area contributed by atoms with Crippen LogP contribution in [0.2, 0.25) is 0 Å². The van der Waals surface area contributed by atoms with Crippen molar-refractivity contribution in [3.63, 3.8) is 0 Å². The van der Waals surface area contributed by atoms with Gasteiger partial charge in [0.05, 0.1) is 6.10 Å². The Hall–Kier alpha value is -1.80. The predicted molar refractivity (Wildman–Crippen MR) is 108 cm³/mol. The number of hydrogen-bond donors (Lipinski definition) is 2. The van der Waals surface area contributed by atoms with Crippen molar-refractivity contribution in [1.82, 2.24) is 0 Å². The summed E-state index contributed by atoms with van der Waals surface area (Å²) in [5.41, 5.74) is 3.68. The second kappa shape index (κ2) is 11.7. The maximum atomic E-state index is 9.71. The molecule has 25 heavy (non-hydrogen) atoms. The fraction of sp³-hybridized carbons (Fsp3) is 0.478. The van der Waals surface area contributed by atoms with Gasteiger partial charge in [-0.2, -0.15) is 0 Å². The molecular weight excluding hydrogens is 306 g/mol. The number of aryl methyl sites for hydroxylation is 1. The third kappa shape index (κ3) is 8.22. The monoisotopic (exact) mass is 339 g/mol. The van der Waals surface area contributed by atoms with Crippen molar-refractivity contribution in [1.29, 1.82) is 0 Å². The molecule has 1 unspecified atom stereocenters. The number of para-hydroxylation sites is 1. The van der Waals surface area contributed by atoms with Crippen LogP contribution in [0.3, 0.4) is 0 Å². The molecule has 136 valence electrons. The van der Waals surface area contributed by atoms with Crippen LogP contribution >= 0.6 is 0 Å². The molecule has 0 spiro atoms. The second-order valence-corrected chi connectivity index (χ2v) is 6.94. The number of rotatable bonds is 12. The molecule has 0 amide bonds. The first kappa shape index (κ1) is 19.5. The molecule has 2 aromatic rings. The molecule has 0 aliphatic rings. The first-order valence-corrected chi connectivity index (χ1v) is 9.87. The molecule has 0 aliphatic heterocycles. The number of aliphatic hydroxyl groups excluding tert-OH is 1. The minimum absolute atomic E-state index is 0.0759. The normalized spacial score (nSPS) is 12.1. The van der Waals surface area contributed by atoms with Gasteiger partial charge in [0.25, 0.3) is 0 Å². The zero-order chi connectivity index (χ0) is 17.7. The molecule has 0 aliphatic carbocycles. The van der Waals surface area contributed by atoms with Gasteiger partial charge in [0.15, 0.2) is 0 Å². The molecule has 0 fully saturated rings. The van der Waals surface area contributed by atoms with Gasteiger partial charge in [-0.25, -0.2) is 0 Å². The van der Waals surface area contributed by atoms with Crippen molar-refractivity contribution in [2.75, 3.05) is 5.32 Å². The van der Waals surface area contributed by atoms with Gasteiger partial charge in [0, 0.05) is 11.4 Å². The number of anilines is 2. The first-order chi connectivity index (χ1) is 12.3. The molecule has 2 heteroatoms. The maximum absolute atomic E-state index is 9.71. The van der Waals surface area contributed by atoms with E-state index in [0.29, 0.717) is 0 Å². The Morgan fingerprint density at radius 1 is 0.760 bits per heavy atom. The van der Waals surface area contributed by atoms with Gasteiger partial charge in [0.2, 0.25) is 0 Å². The average molecular weight is 340 g/mol. The molecule has 0 saturated heterocycles. The molecule has 0 aromatic heterocycles. The van der Waals surface area contributed by atoms with E-state index in [9.17, 15) is 5.11 Å². The summed E-state index contributed by atoms with van der Waals surface area (Å²) in [6.07, 6.45) is 10.3. The lowest BCUT2D eigenvalue weighted by atomic mass is 10.0. The van der Waals surface area contributed by atoms with Gasteiger partial charge in [0.1, 0.15) is 0 Å². The third-order valence-corrected chi connectivity index (χ3v) is 4.64. The lowest BCUT2D eigenvalue weighted by Crippen LogP contribution is -2.04. The quantitative estimate of drug-likeness (QED) is 0.434. The molecule has 2 N–H and O–H groups in total. The summed E-state index contributed by atoms with van der Waals surface area (Å²) in [6, 6.07) is 19.1. The van der Waals surface area contributed by atoms with E-state index >= 15 is 0 Å². The summed E-state index contributed by atoms with van der Waals surface area (Å²) >= 11 is 0. The van der Waals surface area contributed by atoms with Crippen LogP contribution in [0.15, 0.2) is 54.6 Å². The molecule has 1 atom stereocenters. The van der Waals surface area contributed by atoms with Crippen LogP contribution in [0.5, 0.6) is 0 Å². The fourth-order valence-electron chi connectivity index (χ4n) is 3.16. The minimum Gasteiger partial charge on any atom is -0.393 e. The smallest absolute Gasteiger partial charge is 0.0540 e. The minimum atomic E-state index is -0.0759. The van der Waals surface area contributed by atoms with E-state index in [0.717, 1.165) is 37.1 Å². The Kier molecular flexibility index (Phi) is 9.14. The van der Waals surface area contributed by atoms with Gasteiger partial charge in [-0.1, -0.05) is 69.4 Å². The van der Waals surface area contributed by atoms with Crippen LogP contribution in [0, 0.1) is 0 Å². The van der Waals surface area contributed by atoms with E-state index in [1.165, 1.54) is 37.7 Å². The maximum Gasteiger partial charge on any atom is 0.0540 e. The largest absolute Gasteiger partial charge is 0.393 e. The molecule has 2 rings (SSSR count). The molecule has 0 heterocycles. The predicted octanol–water partition coefficient (Wildman–Crippen LogP) is 6.47. The first-order valence-electron chi connectivity index (χ1n) is 9.87. The zero-order valence-electron chi connectivity index (χ0n) is 15.6. The molecule has 2 nitrogen and oxygen atoms in total. The van der Waals surface area contributed by atoms with Crippen molar-refractivity contribution in [3.05, 3.63) is 60.2 Å². The van der Waals surface area contributed by atoms with Crippen LogP contribution < -0.4 is 5.32 Å². The van der Waals surface area contributed by atoms with E-state index < -0.39 is 0 Å². The van der Waals surface area contributed by atoms with E-state index in [1.807, 2.05) is 18.2 Å². The van der Waals surface area contributed by atoms with Crippen molar-refractivity contribution >= 4 is 11.4 Å². The van der Waals surface area contributed by atoms with Crippen LogP contribution in [-0.2, 0) is 6.42 Å². The summed E-state index contributed by atoms with van der Waals surface area (Å²) in [7, 11) is 0. The number of aliphatic hydroxyl groups is 1. The highest BCUT2D eigenvalue weighted by Gasteiger charge is 2.02. The number of benzene rings is 2. The van der Waals surface area contributed by atoms with Crippen LogP contribution in [0.25, 0.3) is 0 Å². The van der Waals surface area contributed by atoms with E-state index in [-0.39, 0.29) is 6.10 Å². The van der Waals surface area contributed by atoms with Gasteiger partial charge >= 0.3 is 0 Å². The Balaban J connectivity index is 1.57. The second-order valence-electron chi connectivity index (χ2n) is 6.94. The van der Waals surface area contributed by atoms with Crippen molar-refractivity contribution in [2.24, 2.45) is 0 Å². The SMILES string of the molecule is CCCC(O)CCCCCCCc1ccc(Nc2ccccc2)cc1.